The molecule has 0 fully saturated rings. The molecule has 136 valence electrons. The lowest BCUT2D eigenvalue weighted by atomic mass is 10.1. The lowest BCUT2D eigenvalue weighted by molar-refractivity contribution is 0.444. The highest BCUT2D eigenvalue weighted by molar-refractivity contribution is 7.84. The minimum atomic E-state index is -1.20. The van der Waals surface area contributed by atoms with Gasteiger partial charge in [-0.15, -0.1) is 0 Å². The van der Waals surface area contributed by atoms with Gasteiger partial charge in [-0.25, -0.2) is 22.7 Å². The molecule has 1 aromatic heterocycles. The molecule has 0 aliphatic rings. The fourth-order valence-corrected chi connectivity index (χ4v) is 2.80. The summed E-state index contributed by atoms with van der Waals surface area (Å²) in [5, 5.41) is 0. The van der Waals surface area contributed by atoms with E-state index in [0.29, 0.717) is 5.88 Å². The van der Waals surface area contributed by atoms with Crippen molar-refractivity contribution in [1.82, 2.24) is 9.71 Å². The van der Waals surface area contributed by atoms with Crippen molar-refractivity contribution in [3.05, 3.63) is 53.2 Å². The fourth-order valence-electron chi connectivity index (χ4n) is 1.98. The second-order valence-corrected chi connectivity index (χ2v) is 8.79. The number of aryl methyl sites for hydroxylation is 1. The SMILES string of the molecule is Cc1cc([C@@H](C)NS(=O)C(C)(C)C)cnc1Oc1ccc(F)c(F)c1. The molecule has 0 saturated carbocycles. The predicted molar refractivity (Wildman–Crippen MR) is 94.9 cm³/mol. The monoisotopic (exact) mass is 368 g/mol. The average Bonchev–Trinajstić information content (AvgIpc) is 2.51. The first kappa shape index (κ1) is 19.5. The normalized spacial score (nSPS) is 14.2. The fraction of sp³-hybridized carbons (Fsp3) is 0.389. The molecule has 1 aromatic carbocycles. The molecule has 0 spiro atoms. The number of pyridine rings is 1. The van der Waals surface area contributed by atoms with Crippen LogP contribution in [0.2, 0.25) is 0 Å². The number of aromatic nitrogens is 1. The lowest BCUT2D eigenvalue weighted by Gasteiger charge is -2.22. The summed E-state index contributed by atoms with van der Waals surface area (Å²) in [6.07, 6.45) is 1.61. The molecule has 0 saturated heterocycles. The predicted octanol–water partition coefficient (Wildman–Crippen LogP) is 4.57. The van der Waals surface area contributed by atoms with Crippen LogP contribution in [0.15, 0.2) is 30.5 Å². The van der Waals surface area contributed by atoms with Crippen molar-refractivity contribution < 1.29 is 17.7 Å². The summed E-state index contributed by atoms with van der Waals surface area (Å²) in [5.74, 6) is -1.44. The Balaban J connectivity index is 2.14. The highest BCUT2D eigenvalue weighted by atomic mass is 32.2. The first-order valence-electron chi connectivity index (χ1n) is 7.85. The van der Waals surface area contributed by atoms with Gasteiger partial charge in [-0.2, -0.15) is 0 Å². The van der Waals surface area contributed by atoms with E-state index in [2.05, 4.69) is 9.71 Å². The number of ether oxygens (including phenoxy) is 1. The molecule has 0 amide bonds. The highest BCUT2D eigenvalue weighted by Crippen LogP contribution is 2.26. The van der Waals surface area contributed by atoms with Gasteiger partial charge in [0.05, 0.1) is 15.7 Å². The van der Waals surface area contributed by atoms with Crippen molar-refractivity contribution in [3.63, 3.8) is 0 Å². The van der Waals surface area contributed by atoms with E-state index >= 15 is 0 Å². The third-order valence-corrected chi connectivity index (χ3v) is 5.18. The Bertz CT molecular complexity index is 791. The van der Waals surface area contributed by atoms with E-state index in [0.717, 1.165) is 23.3 Å². The Morgan fingerprint density at radius 2 is 1.88 bits per heavy atom. The van der Waals surface area contributed by atoms with Gasteiger partial charge in [0.15, 0.2) is 11.6 Å². The van der Waals surface area contributed by atoms with Crippen LogP contribution in [-0.4, -0.2) is 13.9 Å². The second-order valence-electron chi connectivity index (χ2n) is 6.79. The average molecular weight is 368 g/mol. The summed E-state index contributed by atoms with van der Waals surface area (Å²) in [6, 6.07) is 5.01. The van der Waals surface area contributed by atoms with Gasteiger partial charge >= 0.3 is 0 Å². The summed E-state index contributed by atoms with van der Waals surface area (Å²) in [4.78, 5) is 4.24. The van der Waals surface area contributed by atoms with Gasteiger partial charge in [0.1, 0.15) is 5.75 Å². The number of nitrogens with zero attached hydrogens (tertiary/aromatic N) is 1. The van der Waals surface area contributed by atoms with Crippen molar-refractivity contribution in [1.29, 1.82) is 0 Å². The molecule has 7 heteroatoms. The van der Waals surface area contributed by atoms with E-state index in [1.807, 2.05) is 33.8 Å². The summed E-state index contributed by atoms with van der Waals surface area (Å²) < 4.78 is 46.6. The molecule has 0 aliphatic carbocycles. The molecule has 4 nitrogen and oxygen atoms in total. The van der Waals surface area contributed by atoms with E-state index in [4.69, 9.17) is 4.74 Å². The quantitative estimate of drug-likeness (QED) is 0.841. The smallest absolute Gasteiger partial charge is 0.222 e. The maximum absolute atomic E-state index is 13.3. The van der Waals surface area contributed by atoms with Crippen molar-refractivity contribution in [3.8, 4) is 11.6 Å². The van der Waals surface area contributed by atoms with Crippen LogP contribution in [0.25, 0.3) is 0 Å². The molecule has 25 heavy (non-hydrogen) atoms. The molecule has 2 aromatic rings. The topological polar surface area (TPSA) is 51.2 Å². The van der Waals surface area contributed by atoms with Crippen LogP contribution in [0.5, 0.6) is 11.6 Å². The summed E-state index contributed by atoms with van der Waals surface area (Å²) in [7, 11) is -1.20. The van der Waals surface area contributed by atoms with Gasteiger partial charge in [0, 0.05) is 23.9 Å². The number of hydrogen-bond donors (Lipinski definition) is 1. The maximum Gasteiger partial charge on any atom is 0.222 e. The van der Waals surface area contributed by atoms with Crippen LogP contribution >= 0.6 is 0 Å². The van der Waals surface area contributed by atoms with E-state index in [9.17, 15) is 13.0 Å². The maximum atomic E-state index is 13.3. The van der Waals surface area contributed by atoms with E-state index in [1.165, 1.54) is 6.07 Å². The zero-order valence-electron chi connectivity index (χ0n) is 14.9. The van der Waals surface area contributed by atoms with Crippen LogP contribution in [-0.2, 0) is 11.0 Å². The van der Waals surface area contributed by atoms with Gasteiger partial charge in [-0.1, -0.05) is 0 Å². The Hall–Kier alpha value is -1.86. The minimum absolute atomic E-state index is 0.163. The number of benzene rings is 1. The number of halogens is 2. The van der Waals surface area contributed by atoms with Crippen molar-refractivity contribution >= 4 is 11.0 Å². The van der Waals surface area contributed by atoms with Crippen LogP contribution < -0.4 is 9.46 Å². The van der Waals surface area contributed by atoms with Gasteiger partial charge in [0.25, 0.3) is 0 Å². The largest absolute Gasteiger partial charge is 0.439 e. The zero-order chi connectivity index (χ0) is 18.8. The molecule has 1 heterocycles. The Labute approximate surface area is 149 Å². The third kappa shape index (κ3) is 5.06. The van der Waals surface area contributed by atoms with E-state index < -0.39 is 22.6 Å². The summed E-state index contributed by atoms with van der Waals surface area (Å²) in [5.41, 5.74) is 1.59. The van der Waals surface area contributed by atoms with Gasteiger partial charge in [-0.3, -0.25) is 0 Å². The van der Waals surface area contributed by atoms with Gasteiger partial charge in [-0.05, 0) is 58.4 Å². The third-order valence-electron chi connectivity index (χ3n) is 3.50. The number of rotatable bonds is 5. The van der Waals surface area contributed by atoms with E-state index in [-0.39, 0.29) is 16.5 Å². The summed E-state index contributed by atoms with van der Waals surface area (Å²) >= 11 is 0. The van der Waals surface area contributed by atoms with Crippen LogP contribution in [0.3, 0.4) is 0 Å². The number of hydrogen-bond acceptors (Lipinski definition) is 3. The Kier molecular flexibility index (Phi) is 5.90. The molecule has 0 bridgehead atoms. The van der Waals surface area contributed by atoms with Crippen LogP contribution in [0.4, 0.5) is 8.78 Å². The Morgan fingerprint density at radius 1 is 1.20 bits per heavy atom. The molecular formula is C18H22F2N2O2S. The molecule has 1 N–H and O–H groups in total. The molecule has 2 rings (SSSR count). The molecule has 0 radical (unpaired) electrons. The van der Waals surface area contributed by atoms with Crippen molar-refractivity contribution in [2.45, 2.75) is 45.4 Å². The molecule has 0 aliphatic heterocycles. The standard InChI is InChI=1S/C18H22F2N2O2S/c1-11-8-13(12(2)22-25(23)18(3,4)5)10-21-17(11)24-14-6-7-15(19)16(20)9-14/h6-10,12,22H,1-5H3/t12-,25?/m1/s1. The van der Waals surface area contributed by atoms with E-state index in [1.54, 1.807) is 13.1 Å². The van der Waals surface area contributed by atoms with Crippen molar-refractivity contribution in [2.75, 3.05) is 0 Å². The van der Waals surface area contributed by atoms with Gasteiger partial charge in [0.2, 0.25) is 5.88 Å². The minimum Gasteiger partial charge on any atom is -0.439 e. The zero-order valence-corrected chi connectivity index (χ0v) is 15.7. The van der Waals surface area contributed by atoms with Crippen molar-refractivity contribution in [2.24, 2.45) is 0 Å². The highest BCUT2D eigenvalue weighted by Gasteiger charge is 2.22. The number of nitrogens with one attached hydrogen (secondary N) is 1. The first-order valence-corrected chi connectivity index (χ1v) is 9.00. The summed E-state index contributed by atoms with van der Waals surface area (Å²) in [6.45, 7) is 9.39. The molecule has 2 atom stereocenters. The Morgan fingerprint density at radius 3 is 2.44 bits per heavy atom. The molecular weight excluding hydrogens is 346 g/mol. The van der Waals surface area contributed by atoms with Crippen LogP contribution in [0.1, 0.15) is 44.9 Å². The van der Waals surface area contributed by atoms with Crippen LogP contribution in [0, 0.1) is 18.6 Å². The first-order chi connectivity index (χ1) is 11.6. The molecule has 1 unspecified atom stereocenters. The second kappa shape index (κ2) is 7.58. The van der Waals surface area contributed by atoms with Gasteiger partial charge < -0.3 is 4.74 Å². The lowest BCUT2D eigenvalue weighted by Crippen LogP contribution is -2.34.